The number of aliphatic hydroxyl groups excluding tert-OH is 1. The van der Waals surface area contributed by atoms with Crippen LogP contribution in [0.25, 0.3) is 10.9 Å². The lowest BCUT2D eigenvalue weighted by Gasteiger charge is -2.38. The molecule has 2 aromatic heterocycles. The summed E-state index contributed by atoms with van der Waals surface area (Å²) in [5, 5.41) is 21.5. The number of aliphatic hydroxyl groups is 1. The summed E-state index contributed by atoms with van der Waals surface area (Å²) in [6.45, 7) is 2.69. The number of carboxylic acid groups (broad SMARTS) is 1. The number of hydrogen-bond acceptors (Lipinski definition) is 7. The van der Waals surface area contributed by atoms with Gasteiger partial charge >= 0.3 is 5.97 Å². The van der Waals surface area contributed by atoms with Crippen LogP contribution in [0.4, 0.5) is 0 Å². The van der Waals surface area contributed by atoms with Crippen molar-refractivity contribution in [1.82, 2.24) is 14.9 Å². The zero-order valence-electron chi connectivity index (χ0n) is 20.0. The molecule has 35 heavy (non-hydrogen) atoms. The molecule has 0 unspecified atom stereocenters. The lowest BCUT2D eigenvalue weighted by Crippen LogP contribution is -2.42. The molecule has 8 heteroatoms. The fourth-order valence-corrected chi connectivity index (χ4v) is 5.91. The van der Waals surface area contributed by atoms with Crippen LogP contribution < -0.4 is 4.74 Å². The van der Waals surface area contributed by atoms with Crippen molar-refractivity contribution >= 4 is 28.6 Å². The van der Waals surface area contributed by atoms with Crippen molar-refractivity contribution in [2.75, 3.05) is 32.5 Å². The van der Waals surface area contributed by atoms with Gasteiger partial charge in [-0.1, -0.05) is 0 Å². The van der Waals surface area contributed by atoms with Crippen molar-refractivity contribution < 1.29 is 19.7 Å². The summed E-state index contributed by atoms with van der Waals surface area (Å²) in [6.07, 6.45) is 7.21. The van der Waals surface area contributed by atoms with Crippen LogP contribution in [0.2, 0.25) is 0 Å². The van der Waals surface area contributed by atoms with E-state index in [2.05, 4.69) is 14.9 Å². The first-order valence-corrected chi connectivity index (χ1v) is 13.1. The fourth-order valence-electron chi connectivity index (χ4n) is 5.01. The summed E-state index contributed by atoms with van der Waals surface area (Å²) in [4.78, 5) is 23.6. The second-order valence-electron chi connectivity index (χ2n) is 9.12. The molecule has 3 aromatic rings. The number of piperidine rings is 1. The maximum Gasteiger partial charge on any atom is 0.303 e. The largest absolute Gasteiger partial charge is 0.497 e. The molecule has 2 N–H and O–H groups in total. The molecule has 1 saturated heterocycles. The molecule has 0 radical (unpaired) electrons. The number of ether oxygens (including phenoxy) is 1. The van der Waals surface area contributed by atoms with E-state index in [0.717, 1.165) is 60.4 Å². The van der Waals surface area contributed by atoms with Crippen molar-refractivity contribution in [3.8, 4) is 5.75 Å². The number of carboxylic acids is 1. The standard InChI is InChI=1S/C27H33N3O4S/c1-34-21-3-4-25-24(17-21)23(8-12-29-25)26(31)5-2-19-9-13-30(18-20(19)16-27(32)33)14-15-35-22-6-10-28-11-7-22/h3-4,6-8,10-12,17,19-20,26,31H,2,5,9,13-16,18H2,1H3,(H,32,33)/t19-,20+,26+/m1/s1. The number of fused-ring (bicyclic) bond motifs is 1. The number of carbonyl (C=O) groups is 1. The second-order valence-corrected chi connectivity index (χ2v) is 10.3. The molecule has 186 valence electrons. The molecule has 1 aliphatic heterocycles. The predicted octanol–water partition coefficient (Wildman–Crippen LogP) is 4.66. The molecule has 3 atom stereocenters. The van der Waals surface area contributed by atoms with E-state index in [1.165, 1.54) is 4.90 Å². The van der Waals surface area contributed by atoms with E-state index in [1.807, 2.05) is 36.4 Å². The lowest BCUT2D eigenvalue weighted by molar-refractivity contribution is -0.139. The number of likely N-dealkylation sites (tertiary alicyclic amines) is 1. The number of methoxy groups -OCH3 is 1. The molecule has 4 rings (SSSR count). The summed E-state index contributed by atoms with van der Waals surface area (Å²) >= 11 is 1.80. The number of thioether (sulfide) groups is 1. The number of aliphatic carboxylic acids is 1. The SMILES string of the molecule is COc1ccc2nccc([C@@H](O)CC[C@@H]3CCN(CCSc4ccncc4)C[C@@H]3CC(=O)O)c2c1. The maximum absolute atomic E-state index is 11.6. The topological polar surface area (TPSA) is 95.8 Å². The average Bonchev–Trinajstić information content (AvgIpc) is 2.87. The normalized spacial score (nSPS) is 19.5. The molecule has 0 spiro atoms. The van der Waals surface area contributed by atoms with Gasteiger partial charge in [-0.2, -0.15) is 0 Å². The number of rotatable bonds is 11. The molecule has 1 aromatic carbocycles. The maximum atomic E-state index is 11.6. The van der Waals surface area contributed by atoms with Crippen LogP contribution in [-0.2, 0) is 4.79 Å². The Morgan fingerprint density at radius 2 is 2.03 bits per heavy atom. The second kappa shape index (κ2) is 12.3. The van der Waals surface area contributed by atoms with E-state index >= 15 is 0 Å². The minimum atomic E-state index is -0.749. The van der Waals surface area contributed by atoms with Crippen molar-refractivity contribution in [2.24, 2.45) is 11.8 Å². The van der Waals surface area contributed by atoms with E-state index in [0.29, 0.717) is 6.42 Å². The van der Waals surface area contributed by atoms with Crippen molar-refractivity contribution in [3.63, 3.8) is 0 Å². The van der Waals surface area contributed by atoms with Crippen molar-refractivity contribution in [3.05, 3.63) is 60.6 Å². The molecular formula is C27H33N3O4S. The third kappa shape index (κ3) is 6.93. The van der Waals surface area contributed by atoms with Crippen LogP contribution in [0, 0.1) is 11.8 Å². The van der Waals surface area contributed by atoms with Gasteiger partial charge in [-0.25, -0.2) is 0 Å². The molecule has 0 bridgehead atoms. The lowest BCUT2D eigenvalue weighted by atomic mass is 9.79. The Labute approximate surface area is 210 Å². The summed E-state index contributed by atoms with van der Waals surface area (Å²) < 4.78 is 5.35. The van der Waals surface area contributed by atoms with Gasteiger partial charge in [0.05, 0.1) is 18.7 Å². The number of nitrogens with zero attached hydrogens (tertiary/aromatic N) is 3. The van der Waals surface area contributed by atoms with E-state index in [1.54, 1.807) is 37.5 Å². The Morgan fingerprint density at radius 3 is 2.80 bits per heavy atom. The number of aromatic nitrogens is 2. The molecule has 0 saturated carbocycles. The molecule has 0 aliphatic carbocycles. The predicted molar refractivity (Wildman–Crippen MR) is 138 cm³/mol. The van der Waals surface area contributed by atoms with Gasteiger partial charge in [0.25, 0.3) is 0 Å². The van der Waals surface area contributed by atoms with Crippen LogP contribution in [0.5, 0.6) is 5.75 Å². The molecule has 1 aliphatic rings. The zero-order chi connectivity index (χ0) is 24.6. The third-order valence-corrected chi connectivity index (χ3v) is 7.88. The highest BCUT2D eigenvalue weighted by atomic mass is 32.2. The molecular weight excluding hydrogens is 462 g/mol. The first-order chi connectivity index (χ1) is 17.0. The molecule has 7 nitrogen and oxygen atoms in total. The van der Waals surface area contributed by atoms with Gasteiger partial charge in [0, 0.05) is 54.1 Å². The first-order valence-electron chi connectivity index (χ1n) is 12.1. The number of pyridine rings is 2. The molecule has 0 amide bonds. The first kappa shape index (κ1) is 25.4. The number of benzene rings is 1. The van der Waals surface area contributed by atoms with Gasteiger partial charge in [0.15, 0.2) is 0 Å². The van der Waals surface area contributed by atoms with Crippen LogP contribution in [-0.4, -0.2) is 63.5 Å². The monoisotopic (exact) mass is 495 g/mol. The van der Waals surface area contributed by atoms with Crippen molar-refractivity contribution in [2.45, 2.75) is 36.7 Å². The molecule has 1 fully saturated rings. The highest BCUT2D eigenvalue weighted by Crippen LogP contribution is 2.35. The zero-order valence-corrected chi connectivity index (χ0v) is 20.9. The van der Waals surface area contributed by atoms with Gasteiger partial charge in [0.1, 0.15) is 5.75 Å². The van der Waals surface area contributed by atoms with Gasteiger partial charge in [-0.3, -0.25) is 14.8 Å². The van der Waals surface area contributed by atoms with Crippen LogP contribution in [0.3, 0.4) is 0 Å². The van der Waals surface area contributed by atoms with E-state index in [9.17, 15) is 15.0 Å². The van der Waals surface area contributed by atoms with Gasteiger partial charge in [-0.05, 0) is 79.6 Å². The Balaban J connectivity index is 1.35. The Kier molecular flexibility index (Phi) is 8.95. The Hall–Kier alpha value is -2.68. The minimum absolute atomic E-state index is 0.0913. The summed E-state index contributed by atoms with van der Waals surface area (Å²) in [6, 6.07) is 11.6. The summed E-state index contributed by atoms with van der Waals surface area (Å²) in [5.74, 6) is 1.32. The Morgan fingerprint density at radius 1 is 1.20 bits per heavy atom. The quantitative estimate of drug-likeness (QED) is 0.371. The third-order valence-electron chi connectivity index (χ3n) is 6.89. The van der Waals surface area contributed by atoms with Crippen molar-refractivity contribution in [1.29, 1.82) is 0 Å². The fraction of sp³-hybridized carbons (Fsp3) is 0.444. The van der Waals surface area contributed by atoms with E-state index < -0.39 is 12.1 Å². The van der Waals surface area contributed by atoms with Crippen LogP contribution >= 0.6 is 11.8 Å². The summed E-state index contributed by atoms with van der Waals surface area (Å²) in [5.41, 5.74) is 1.67. The van der Waals surface area contributed by atoms with Crippen LogP contribution in [0.1, 0.15) is 37.4 Å². The molecule has 3 heterocycles. The van der Waals surface area contributed by atoms with Gasteiger partial charge in [-0.15, -0.1) is 11.8 Å². The highest BCUT2D eigenvalue weighted by molar-refractivity contribution is 7.99. The van der Waals surface area contributed by atoms with E-state index in [-0.39, 0.29) is 18.3 Å². The van der Waals surface area contributed by atoms with E-state index in [4.69, 9.17) is 4.74 Å². The Bertz CT molecular complexity index is 1110. The average molecular weight is 496 g/mol. The highest BCUT2D eigenvalue weighted by Gasteiger charge is 2.31. The van der Waals surface area contributed by atoms with Crippen LogP contribution in [0.15, 0.2) is 59.9 Å². The number of hydrogen-bond donors (Lipinski definition) is 2. The minimum Gasteiger partial charge on any atom is -0.497 e. The van der Waals surface area contributed by atoms with Gasteiger partial charge < -0.3 is 19.8 Å². The summed E-state index contributed by atoms with van der Waals surface area (Å²) in [7, 11) is 1.63. The smallest absolute Gasteiger partial charge is 0.303 e. The van der Waals surface area contributed by atoms with Gasteiger partial charge in [0.2, 0.25) is 0 Å².